The molecule has 31 heavy (non-hydrogen) atoms. The van der Waals surface area contributed by atoms with Crippen LogP contribution in [0.4, 0.5) is 24.5 Å². The number of rotatable bonds is 6. The number of anilines is 2. The maximum Gasteiger partial charge on any atom is 0.416 e. The van der Waals surface area contributed by atoms with Crippen LogP contribution in [-0.4, -0.2) is 5.91 Å². The molecule has 0 aliphatic heterocycles. The molecule has 3 aromatic rings. The minimum absolute atomic E-state index is 0.0863. The van der Waals surface area contributed by atoms with Gasteiger partial charge in [-0.2, -0.15) is 18.4 Å². The minimum atomic E-state index is -4.60. The van der Waals surface area contributed by atoms with Crippen molar-refractivity contribution in [1.82, 2.24) is 5.43 Å². The zero-order valence-electron chi connectivity index (χ0n) is 16.0. The predicted octanol–water partition coefficient (Wildman–Crippen LogP) is 5.21. The van der Waals surface area contributed by atoms with E-state index in [4.69, 9.17) is 11.0 Å². The third kappa shape index (κ3) is 5.71. The number of nitriles is 1. The lowest BCUT2D eigenvalue weighted by Gasteiger charge is -2.15. The number of carbonyl (C=O) groups is 1. The number of nitrogens with zero attached hydrogens (tertiary/aromatic N) is 1. The highest BCUT2D eigenvalue weighted by atomic mass is 32.2. The molecule has 4 N–H and O–H groups in total. The van der Waals surface area contributed by atoms with Crippen LogP contribution in [0.3, 0.4) is 0 Å². The smallest absolute Gasteiger partial charge is 0.398 e. The molecule has 9 heteroatoms. The first-order chi connectivity index (χ1) is 14.8. The molecule has 0 aliphatic carbocycles. The molecule has 0 saturated heterocycles. The molecule has 0 spiro atoms. The summed E-state index contributed by atoms with van der Waals surface area (Å²) in [6.07, 6.45) is -4.60. The fourth-order valence-corrected chi connectivity index (χ4v) is 3.62. The first-order valence-electron chi connectivity index (χ1n) is 9.02. The van der Waals surface area contributed by atoms with Gasteiger partial charge in [-0.15, -0.1) is 11.8 Å². The van der Waals surface area contributed by atoms with Crippen molar-refractivity contribution in [2.24, 2.45) is 0 Å². The average molecular weight is 442 g/mol. The van der Waals surface area contributed by atoms with Crippen LogP contribution in [0.15, 0.2) is 71.6 Å². The number of alkyl halides is 3. The van der Waals surface area contributed by atoms with Crippen LogP contribution in [0.25, 0.3) is 0 Å². The Morgan fingerprint density at radius 3 is 2.48 bits per heavy atom. The summed E-state index contributed by atoms with van der Waals surface area (Å²) in [7, 11) is 0. The van der Waals surface area contributed by atoms with Crippen molar-refractivity contribution in [2.45, 2.75) is 16.8 Å². The van der Waals surface area contributed by atoms with Gasteiger partial charge in [0.2, 0.25) is 0 Å². The van der Waals surface area contributed by atoms with Crippen molar-refractivity contribution in [3.8, 4) is 6.07 Å². The van der Waals surface area contributed by atoms with Crippen molar-refractivity contribution in [2.75, 3.05) is 11.2 Å². The second-order valence-electron chi connectivity index (χ2n) is 6.48. The molecular formula is C22H17F3N4OS. The van der Waals surface area contributed by atoms with Gasteiger partial charge in [0.1, 0.15) is 0 Å². The lowest BCUT2D eigenvalue weighted by atomic mass is 10.1. The van der Waals surface area contributed by atoms with Crippen LogP contribution in [0.1, 0.15) is 27.0 Å². The molecule has 5 nitrogen and oxygen atoms in total. The van der Waals surface area contributed by atoms with Crippen LogP contribution in [0.5, 0.6) is 0 Å². The van der Waals surface area contributed by atoms with E-state index in [0.717, 1.165) is 22.6 Å². The number of nitrogen functional groups attached to an aromatic ring is 1. The Bertz CT molecular complexity index is 1130. The number of hydrogen-bond acceptors (Lipinski definition) is 5. The zero-order chi connectivity index (χ0) is 22.4. The maximum atomic E-state index is 13.0. The fraction of sp³-hybridized carbons (Fsp3) is 0.0909. The maximum absolute atomic E-state index is 13.0. The van der Waals surface area contributed by atoms with Gasteiger partial charge in [-0.05, 0) is 42.0 Å². The van der Waals surface area contributed by atoms with Crippen molar-refractivity contribution in [1.29, 1.82) is 5.26 Å². The number of hydrogen-bond donors (Lipinski definition) is 3. The molecule has 3 rings (SSSR count). The lowest BCUT2D eigenvalue weighted by molar-refractivity contribution is -0.137. The molecule has 0 atom stereocenters. The van der Waals surface area contributed by atoms with E-state index in [-0.39, 0.29) is 11.3 Å². The molecule has 0 aromatic heterocycles. The van der Waals surface area contributed by atoms with Gasteiger partial charge in [0.05, 0.1) is 28.4 Å². The summed E-state index contributed by atoms with van der Waals surface area (Å²) in [5.41, 5.74) is 11.3. The molecule has 0 heterocycles. The fourth-order valence-electron chi connectivity index (χ4n) is 2.68. The summed E-state index contributed by atoms with van der Waals surface area (Å²) in [5.74, 6) is -0.180. The van der Waals surface area contributed by atoms with Gasteiger partial charge in [0.15, 0.2) is 0 Å². The summed E-state index contributed by atoms with van der Waals surface area (Å²) in [6, 6.07) is 19.2. The number of carbonyl (C=O) groups excluding carboxylic acids is 1. The van der Waals surface area contributed by atoms with E-state index in [1.165, 1.54) is 11.8 Å². The lowest BCUT2D eigenvalue weighted by Crippen LogP contribution is -2.30. The number of benzene rings is 3. The van der Waals surface area contributed by atoms with E-state index in [1.54, 1.807) is 18.2 Å². The quantitative estimate of drug-likeness (QED) is 0.277. The Labute approximate surface area is 181 Å². The number of hydrazine groups is 1. The monoisotopic (exact) mass is 442 g/mol. The van der Waals surface area contributed by atoms with Gasteiger partial charge in [0.25, 0.3) is 5.91 Å². The molecule has 3 aromatic carbocycles. The van der Waals surface area contributed by atoms with Gasteiger partial charge in [-0.25, -0.2) is 0 Å². The van der Waals surface area contributed by atoms with Gasteiger partial charge in [-0.3, -0.25) is 15.6 Å². The van der Waals surface area contributed by atoms with E-state index in [0.29, 0.717) is 23.1 Å². The van der Waals surface area contributed by atoms with Gasteiger partial charge < -0.3 is 5.73 Å². The van der Waals surface area contributed by atoms with Gasteiger partial charge >= 0.3 is 6.18 Å². The molecule has 0 aliphatic rings. The first-order valence-corrected chi connectivity index (χ1v) is 10.0. The topological polar surface area (TPSA) is 90.9 Å². The molecule has 0 unspecified atom stereocenters. The van der Waals surface area contributed by atoms with E-state index in [1.807, 2.05) is 36.4 Å². The van der Waals surface area contributed by atoms with Crippen LogP contribution in [0.2, 0.25) is 0 Å². The Balaban J connectivity index is 1.77. The second-order valence-corrected chi connectivity index (χ2v) is 7.49. The average Bonchev–Trinajstić information content (AvgIpc) is 2.76. The summed E-state index contributed by atoms with van der Waals surface area (Å²) in [5, 5.41) is 9.16. The van der Waals surface area contributed by atoms with Crippen molar-refractivity contribution >= 4 is 29.0 Å². The summed E-state index contributed by atoms with van der Waals surface area (Å²) < 4.78 is 38.9. The molecule has 0 fully saturated rings. The third-order valence-corrected chi connectivity index (χ3v) is 5.43. The van der Waals surface area contributed by atoms with Crippen molar-refractivity contribution < 1.29 is 18.0 Å². The van der Waals surface area contributed by atoms with Crippen molar-refractivity contribution in [3.05, 3.63) is 89.0 Å². The Morgan fingerprint density at radius 1 is 1.06 bits per heavy atom. The summed E-state index contributed by atoms with van der Waals surface area (Å²) >= 11 is 1.48. The standard InChI is InChI=1S/C22H17F3N4OS/c23-22(24,25)16-7-8-18(27)17(11-16)21(30)29-28-19-10-15(12-26)6-9-20(19)31-13-14-4-2-1-3-5-14/h1-11,28H,13,27H2,(H,29,30). The van der Waals surface area contributed by atoms with E-state index in [2.05, 4.69) is 10.9 Å². The number of halogens is 3. The summed E-state index contributed by atoms with van der Waals surface area (Å²) in [4.78, 5) is 13.2. The first kappa shape index (κ1) is 22.1. The second kappa shape index (κ2) is 9.45. The highest BCUT2D eigenvalue weighted by molar-refractivity contribution is 7.98. The third-order valence-electron chi connectivity index (χ3n) is 4.28. The van der Waals surface area contributed by atoms with Crippen LogP contribution in [-0.2, 0) is 11.9 Å². The van der Waals surface area contributed by atoms with Crippen LogP contribution >= 0.6 is 11.8 Å². The molecule has 0 radical (unpaired) electrons. The predicted molar refractivity (Wildman–Crippen MR) is 114 cm³/mol. The Morgan fingerprint density at radius 2 is 1.81 bits per heavy atom. The number of nitrogens with one attached hydrogen (secondary N) is 2. The molecule has 0 bridgehead atoms. The van der Waals surface area contributed by atoms with E-state index >= 15 is 0 Å². The minimum Gasteiger partial charge on any atom is -0.398 e. The zero-order valence-corrected chi connectivity index (χ0v) is 16.8. The normalized spacial score (nSPS) is 10.9. The molecule has 0 saturated carbocycles. The Kier molecular flexibility index (Phi) is 6.72. The highest BCUT2D eigenvalue weighted by Gasteiger charge is 2.31. The largest absolute Gasteiger partial charge is 0.416 e. The van der Waals surface area contributed by atoms with Crippen LogP contribution in [0, 0.1) is 11.3 Å². The molecular weight excluding hydrogens is 425 g/mol. The van der Waals surface area contributed by atoms with E-state index < -0.39 is 17.6 Å². The van der Waals surface area contributed by atoms with Gasteiger partial charge in [0, 0.05) is 16.3 Å². The van der Waals surface area contributed by atoms with Crippen LogP contribution < -0.4 is 16.6 Å². The molecule has 1 amide bonds. The number of thioether (sulfide) groups is 1. The highest BCUT2D eigenvalue weighted by Crippen LogP contribution is 2.32. The Hall–Kier alpha value is -3.64. The van der Waals surface area contributed by atoms with Crippen molar-refractivity contribution in [3.63, 3.8) is 0 Å². The number of amides is 1. The van der Waals surface area contributed by atoms with Gasteiger partial charge in [-0.1, -0.05) is 30.3 Å². The molecule has 158 valence electrons. The van der Waals surface area contributed by atoms with E-state index in [9.17, 15) is 18.0 Å². The number of nitrogens with two attached hydrogens (primary N) is 1. The SMILES string of the molecule is N#Cc1ccc(SCc2ccccc2)c(NNC(=O)c2cc(C(F)(F)F)ccc2N)c1. The summed E-state index contributed by atoms with van der Waals surface area (Å²) in [6.45, 7) is 0.